The smallest absolute Gasteiger partial charge is 0.325 e. The number of sulfonamides is 1. The molecule has 1 unspecified atom stereocenters. The molecule has 1 rings (SSSR count). The van der Waals surface area contributed by atoms with Gasteiger partial charge in [-0.15, -0.1) is 0 Å². The number of hydrogen-bond acceptors (Lipinski definition) is 4. The Bertz CT molecular complexity index is 592. The van der Waals surface area contributed by atoms with E-state index >= 15 is 0 Å². The third-order valence-electron chi connectivity index (χ3n) is 3.19. The summed E-state index contributed by atoms with van der Waals surface area (Å²) >= 11 is 0. The molecule has 1 atom stereocenters. The average molecular weight is 303 g/mol. The third-order valence-corrected chi connectivity index (χ3v) is 4.86. The van der Waals surface area contributed by atoms with Crippen molar-refractivity contribution in [3.8, 4) is 0 Å². The Hall–Kier alpha value is -1.41. The van der Waals surface area contributed by atoms with Crippen molar-refractivity contribution in [2.45, 2.75) is 45.6 Å². The lowest BCUT2D eigenvalue weighted by Gasteiger charge is -2.11. The van der Waals surface area contributed by atoms with Crippen LogP contribution < -0.4 is 4.72 Å². The fourth-order valence-electron chi connectivity index (χ4n) is 1.82. The Morgan fingerprint density at radius 1 is 1.45 bits per heavy atom. The molecule has 0 aromatic carbocycles. The van der Waals surface area contributed by atoms with Gasteiger partial charge in [-0.2, -0.15) is 5.10 Å². The first-order valence-electron chi connectivity index (χ1n) is 6.44. The Morgan fingerprint density at radius 3 is 2.55 bits per heavy atom. The molecule has 0 aliphatic rings. The lowest BCUT2D eigenvalue weighted by molar-refractivity contribution is -0.137. The largest absolute Gasteiger partial charge is 0.480 e. The standard InChI is InChI=1S/C12H21N3O4S/c1-5-8(2)6-13-20(18,19)12-9(3)14-15(10(12)4)7-11(16)17/h8,13H,5-7H2,1-4H3,(H,16,17). The summed E-state index contributed by atoms with van der Waals surface area (Å²) in [6, 6.07) is 0. The van der Waals surface area contributed by atoms with Gasteiger partial charge in [-0.25, -0.2) is 13.1 Å². The number of rotatable bonds is 7. The molecule has 1 heterocycles. The maximum atomic E-state index is 12.3. The van der Waals surface area contributed by atoms with E-state index < -0.39 is 16.0 Å². The van der Waals surface area contributed by atoms with Crippen LogP contribution in [0.1, 0.15) is 31.7 Å². The van der Waals surface area contributed by atoms with Crippen molar-refractivity contribution in [1.82, 2.24) is 14.5 Å². The minimum Gasteiger partial charge on any atom is -0.480 e. The van der Waals surface area contributed by atoms with E-state index in [0.717, 1.165) is 6.42 Å². The minimum absolute atomic E-state index is 0.0713. The maximum Gasteiger partial charge on any atom is 0.325 e. The van der Waals surface area contributed by atoms with Gasteiger partial charge in [0.2, 0.25) is 10.0 Å². The lowest BCUT2D eigenvalue weighted by Crippen LogP contribution is -2.29. The van der Waals surface area contributed by atoms with Crippen molar-refractivity contribution in [3.63, 3.8) is 0 Å². The molecule has 0 amide bonds. The number of carboxylic acid groups (broad SMARTS) is 1. The molecule has 0 fully saturated rings. The molecule has 0 saturated carbocycles. The number of carbonyl (C=O) groups is 1. The summed E-state index contributed by atoms with van der Waals surface area (Å²) in [5.41, 5.74) is 0.641. The number of nitrogens with one attached hydrogen (secondary N) is 1. The number of hydrogen-bond donors (Lipinski definition) is 2. The molecule has 0 radical (unpaired) electrons. The van der Waals surface area contributed by atoms with Crippen molar-refractivity contribution in [2.24, 2.45) is 5.92 Å². The first-order chi connectivity index (χ1) is 9.19. The van der Waals surface area contributed by atoms with E-state index in [2.05, 4.69) is 9.82 Å². The van der Waals surface area contributed by atoms with E-state index in [4.69, 9.17) is 5.11 Å². The van der Waals surface area contributed by atoms with Crippen molar-refractivity contribution in [3.05, 3.63) is 11.4 Å². The van der Waals surface area contributed by atoms with Gasteiger partial charge in [0.1, 0.15) is 11.4 Å². The number of aliphatic carboxylic acids is 1. The van der Waals surface area contributed by atoms with Gasteiger partial charge in [0.05, 0.1) is 11.4 Å². The quantitative estimate of drug-likeness (QED) is 0.779. The summed E-state index contributed by atoms with van der Waals surface area (Å²) in [6.45, 7) is 7.05. The van der Waals surface area contributed by atoms with Crippen molar-refractivity contribution in [2.75, 3.05) is 6.54 Å². The molecule has 0 spiro atoms. The summed E-state index contributed by atoms with van der Waals surface area (Å²) in [5.74, 6) is -0.827. The molecule has 0 saturated heterocycles. The first-order valence-corrected chi connectivity index (χ1v) is 7.92. The Labute approximate surface area is 119 Å². The molecule has 0 aliphatic heterocycles. The highest BCUT2D eigenvalue weighted by Crippen LogP contribution is 2.19. The van der Waals surface area contributed by atoms with Gasteiger partial charge in [-0.3, -0.25) is 9.48 Å². The Morgan fingerprint density at radius 2 is 2.05 bits per heavy atom. The molecule has 1 aromatic rings. The van der Waals surface area contributed by atoms with E-state index in [1.165, 1.54) is 4.68 Å². The SMILES string of the molecule is CCC(C)CNS(=O)(=O)c1c(C)nn(CC(=O)O)c1C. The molecular weight excluding hydrogens is 282 g/mol. The Balaban J connectivity index is 3.06. The van der Waals surface area contributed by atoms with Crippen LogP contribution in [-0.4, -0.2) is 35.8 Å². The Kier molecular flexibility index (Phi) is 5.29. The van der Waals surface area contributed by atoms with Gasteiger partial charge < -0.3 is 5.11 Å². The van der Waals surface area contributed by atoms with Gasteiger partial charge in [0.25, 0.3) is 0 Å². The number of aryl methyl sites for hydroxylation is 1. The zero-order valence-electron chi connectivity index (χ0n) is 12.2. The minimum atomic E-state index is -3.67. The summed E-state index contributed by atoms with van der Waals surface area (Å²) in [5, 5.41) is 12.8. The molecule has 8 heteroatoms. The third kappa shape index (κ3) is 3.80. The van der Waals surface area contributed by atoms with Gasteiger partial charge in [0.15, 0.2) is 0 Å². The number of aromatic nitrogens is 2. The van der Waals surface area contributed by atoms with E-state index in [1.54, 1.807) is 13.8 Å². The van der Waals surface area contributed by atoms with Crippen molar-refractivity contribution < 1.29 is 18.3 Å². The van der Waals surface area contributed by atoms with E-state index in [-0.39, 0.29) is 17.4 Å². The van der Waals surface area contributed by atoms with Crippen LogP contribution in [0.5, 0.6) is 0 Å². The highest BCUT2D eigenvalue weighted by Gasteiger charge is 2.25. The lowest BCUT2D eigenvalue weighted by atomic mass is 10.1. The molecule has 114 valence electrons. The molecule has 1 aromatic heterocycles. The highest BCUT2D eigenvalue weighted by molar-refractivity contribution is 7.89. The van der Waals surface area contributed by atoms with Crippen LogP contribution >= 0.6 is 0 Å². The first kappa shape index (κ1) is 16.6. The predicted molar refractivity (Wildman–Crippen MR) is 74.0 cm³/mol. The van der Waals surface area contributed by atoms with E-state index in [9.17, 15) is 13.2 Å². The maximum absolute atomic E-state index is 12.3. The second-order valence-corrected chi connectivity index (χ2v) is 6.62. The summed E-state index contributed by atoms with van der Waals surface area (Å²) in [6.07, 6.45) is 0.874. The topological polar surface area (TPSA) is 101 Å². The fourth-order valence-corrected chi connectivity index (χ4v) is 3.39. The zero-order chi connectivity index (χ0) is 15.5. The van der Waals surface area contributed by atoms with Crippen molar-refractivity contribution >= 4 is 16.0 Å². The van der Waals surface area contributed by atoms with Crippen LogP contribution in [0.4, 0.5) is 0 Å². The molecule has 0 aliphatic carbocycles. The monoisotopic (exact) mass is 303 g/mol. The predicted octanol–water partition coefficient (Wildman–Crippen LogP) is 0.909. The molecule has 20 heavy (non-hydrogen) atoms. The second-order valence-electron chi connectivity index (χ2n) is 4.92. The van der Waals surface area contributed by atoms with E-state index in [0.29, 0.717) is 17.9 Å². The average Bonchev–Trinajstić information content (AvgIpc) is 2.61. The zero-order valence-corrected chi connectivity index (χ0v) is 13.0. The molecular formula is C12H21N3O4S. The number of carboxylic acids is 1. The fraction of sp³-hybridized carbons (Fsp3) is 0.667. The van der Waals surface area contributed by atoms with Crippen LogP contribution in [0, 0.1) is 19.8 Å². The molecule has 2 N–H and O–H groups in total. The molecule has 0 bridgehead atoms. The second kappa shape index (κ2) is 6.36. The van der Waals surface area contributed by atoms with Crippen LogP contribution in [0.25, 0.3) is 0 Å². The normalized spacial score (nSPS) is 13.4. The van der Waals surface area contributed by atoms with Gasteiger partial charge in [0, 0.05) is 6.54 Å². The summed E-state index contributed by atoms with van der Waals surface area (Å²) in [7, 11) is -3.67. The van der Waals surface area contributed by atoms with Crippen LogP contribution in [0.2, 0.25) is 0 Å². The summed E-state index contributed by atoms with van der Waals surface area (Å²) in [4.78, 5) is 10.8. The molecule has 7 nitrogen and oxygen atoms in total. The van der Waals surface area contributed by atoms with Crippen LogP contribution in [-0.2, 0) is 21.4 Å². The van der Waals surface area contributed by atoms with Gasteiger partial charge in [-0.1, -0.05) is 20.3 Å². The van der Waals surface area contributed by atoms with Crippen molar-refractivity contribution in [1.29, 1.82) is 0 Å². The van der Waals surface area contributed by atoms with E-state index in [1.807, 2.05) is 13.8 Å². The van der Waals surface area contributed by atoms with Gasteiger partial charge >= 0.3 is 5.97 Å². The number of nitrogens with zero attached hydrogens (tertiary/aromatic N) is 2. The van der Waals surface area contributed by atoms with Crippen LogP contribution in [0.3, 0.4) is 0 Å². The summed E-state index contributed by atoms with van der Waals surface area (Å²) < 4.78 is 28.3. The highest BCUT2D eigenvalue weighted by atomic mass is 32.2. The van der Waals surface area contributed by atoms with Gasteiger partial charge in [-0.05, 0) is 19.8 Å². The van der Waals surface area contributed by atoms with Crippen LogP contribution in [0.15, 0.2) is 4.90 Å².